The first-order valence-corrected chi connectivity index (χ1v) is 0.595. The molecule has 0 aliphatic carbocycles. The summed E-state index contributed by atoms with van der Waals surface area (Å²) in [6.45, 7) is 0. The number of halogens is 1. The maximum atomic E-state index is 8.00. The molecule has 0 saturated heterocycles. The van der Waals surface area contributed by atoms with E-state index in [1.54, 1.807) is 0 Å². The number of hydrogen-bond donors (Lipinski definition) is 0. The molecule has 6 heteroatoms. The van der Waals surface area contributed by atoms with E-state index in [0.29, 0.717) is 0 Å². The van der Waals surface area contributed by atoms with Gasteiger partial charge in [0.05, 0.1) is 0 Å². The second-order valence-corrected chi connectivity index (χ2v) is 0. The summed E-state index contributed by atoms with van der Waals surface area (Å²) in [7, 11) is 0. The Labute approximate surface area is 66.1 Å². The Hall–Kier alpha value is 1.30. The molecule has 0 aromatic carbocycles. The van der Waals surface area contributed by atoms with Gasteiger partial charge in [0.2, 0.25) is 0 Å². The van der Waals surface area contributed by atoms with Gasteiger partial charge in [-0.25, -0.2) is 0 Å². The molecule has 0 unspecified atom stereocenters. The van der Waals surface area contributed by atoms with Gasteiger partial charge in [0.25, 0.3) is 0 Å². The van der Waals surface area contributed by atoms with Crippen LogP contribution in [0.15, 0.2) is 0 Å². The van der Waals surface area contributed by atoms with Crippen molar-refractivity contribution in [2.45, 2.75) is 0 Å². The van der Waals surface area contributed by atoms with Crippen LogP contribution in [0.5, 0.6) is 0 Å². The molecule has 6 heavy (non-hydrogen) atoms. The third-order valence-corrected chi connectivity index (χ3v) is 0. The summed E-state index contributed by atoms with van der Waals surface area (Å²) < 4.78 is 8.00. The van der Waals surface area contributed by atoms with E-state index < -0.39 is 0 Å². The monoisotopic (exact) mass is 166 g/mol. The zero-order valence-corrected chi connectivity index (χ0v) is 6.07. The first-order valence-electron chi connectivity index (χ1n) is 0.144. The van der Waals surface area contributed by atoms with E-state index in [-0.39, 0.29) is 46.4 Å². The molecule has 0 saturated carbocycles. The molecule has 0 aromatic rings. The van der Waals surface area contributed by atoms with E-state index in [9.17, 15) is 0 Å². The second-order valence-electron chi connectivity index (χ2n) is 0. The Kier molecular flexibility index (Phi) is 962. The fourth-order valence-electron chi connectivity index (χ4n) is 0. The van der Waals surface area contributed by atoms with Crippen LogP contribution in [-0.4, -0.2) is 34.0 Å². The molecule has 0 spiro atoms. The average molecular weight is 167 g/mol. The van der Waals surface area contributed by atoms with Crippen molar-refractivity contribution in [3.63, 3.8) is 0 Å². The molecule has 0 rings (SSSR count). The summed E-state index contributed by atoms with van der Waals surface area (Å²) in [5, 5.41) is 0. The van der Waals surface area contributed by atoms with Crippen LogP contribution >= 0.6 is 0 Å². The molecule has 0 fully saturated rings. The summed E-state index contributed by atoms with van der Waals surface area (Å²) in [5.74, 6) is 0. The van der Waals surface area contributed by atoms with E-state index in [4.69, 9.17) is 3.83 Å². The third-order valence-electron chi connectivity index (χ3n) is 0. The molecule has 3 nitrogen and oxygen atoms in total. The van der Waals surface area contributed by atoms with E-state index in [0.717, 1.165) is 0 Å². The summed E-state index contributed by atoms with van der Waals surface area (Å²) in [5.41, 5.74) is 0. The van der Waals surface area contributed by atoms with Crippen LogP contribution in [0.25, 0.3) is 0 Å². The zero-order chi connectivity index (χ0) is 2.00. The number of hydrogen-bond acceptors (Lipinski definition) is 2. The topological polar surface area (TPSA) is 78.6 Å². The Morgan fingerprint density at radius 3 is 1.17 bits per heavy atom. The quantitative estimate of drug-likeness (QED) is 0.340. The van der Waals surface area contributed by atoms with Crippen molar-refractivity contribution in [1.82, 2.24) is 0 Å². The van der Waals surface area contributed by atoms with Crippen LogP contribution < -0.4 is 12.4 Å². The van der Waals surface area contributed by atoms with Crippen LogP contribution in [0.4, 0.5) is 0 Å². The Bertz CT molecular complexity index is 10.8. The molecular weight excluding hydrogens is 164 g/mol. The van der Waals surface area contributed by atoms with E-state index in [1.165, 1.54) is 0 Å². The Morgan fingerprint density at radius 2 is 1.17 bits per heavy atom. The molecule has 0 aliphatic rings. The van der Waals surface area contributed by atoms with Crippen molar-refractivity contribution < 1.29 is 43.1 Å². The Morgan fingerprint density at radius 1 is 1.17 bits per heavy atom. The zero-order valence-electron chi connectivity index (χ0n) is 2.79. The van der Waals surface area contributed by atoms with Gasteiger partial charge >= 0.3 is 42.8 Å². The van der Waals surface area contributed by atoms with Gasteiger partial charge in [0, 0.05) is 0 Å². The van der Waals surface area contributed by atoms with E-state index in [2.05, 4.69) is 0 Å². The van der Waals surface area contributed by atoms with Crippen LogP contribution in [-0.2, 0) is 19.8 Å². The summed E-state index contributed by atoms with van der Waals surface area (Å²) in [6.07, 6.45) is 0. The summed E-state index contributed by atoms with van der Waals surface area (Å²) in [6, 6.07) is 0. The number of rotatable bonds is 0. The van der Waals surface area contributed by atoms with E-state index >= 15 is 0 Å². The molecule has 3 N–H and O–H groups in total. The molecule has 0 heterocycles. The molecule has 0 atom stereocenters. The van der Waals surface area contributed by atoms with Crippen LogP contribution in [0.3, 0.4) is 0 Å². The molecule has 0 aromatic heterocycles. The molecular formula is H3ClFeMgO3. The van der Waals surface area contributed by atoms with Crippen molar-refractivity contribution >= 4 is 23.1 Å². The predicted octanol–water partition coefficient (Wildman–Crippen LogP) is -4.50. The van der Waals surface area contributed by atoms with E-state index in [1.807, 2.05) is 15.9 Å². The van der Waals surface area contributed by atoms with Crippen molar-refractivity contribution in [3.8, 4) is 0 Å². The SMILES string of the molecule is O.[Cl-].[Mg+2].[OH-].[O]=[Fe]. The Balaban J connectivity index is -0.000000000833. The molecule has 38 valence electrons. The van der Waals surface area contributed by atoms with Gasteiger partial charge in [-0.3, -0.25) is 0 Å². The van der Waals surface area contributed by atoms with Crippen molar-refractivity contribution in [2.75, 3.05) is 0 Å². The van der Waals surface area contributed by atoms with Gasteiger partial charge in [-0.15, -0.1) is 0 Å². The van der Waals surface area contributed by atoms with Crippen LogP contribution in [0, 0.1) is 0 Å². The van der Waals surface area contributed by atoms with Crippen LogP contribution in [0.1, 0.15) is 0 Å². The average Bonchev–Trinajstić information content (AvgIpc) is 1.00. The third kappa shape index (κ3) is 58.2. The first kappa shape index (κ1) is 54.9. The maximum absolute atomic E-state index is 8.00. The fourth-order valence-corrected chi connectivity index (χ4v) is 0. The van der Waals surface area contributed by atoms with Crippen molar-refractivity contribution in [1.29, 1.82) is 0 Å². The van der Waals surface area contributed by atoms with Gasteiger partial charge in [-0.05, 0) is 0 Å². The molecule has 0 bridgehead atoms. The normalized spacial score (nSPS) is 0.833. The molecule has 0 amide bonds. The van der Waals surface area contributed by atoms with Gasteiger partial charge < -0.3 is 23.4 Å². The van der Waals surface area contributed by atoms with Crippen molar-refractivity contribution in [2.24, 2.45) is 0 Å². The standard InChI is InChI=1S/ClH.Fe.Mg.2H2O.O/h1H;;;2*1H2;/q;;+2;;;/p-2. The molecule has 0 radical (unpaired) electrons. The van der Waals surface area contributed by atoms with Gasteiger partial charge in [0.1, 0.15) is 0 Å². The van der Waals surface area contributed by atoms with Crippen LogP contribution in [0.2, 0.25) is 0 Å². The predicted molar refractivity (Wildman–Crippen MR) is 12.0 cm³/mol. The summed E-state index contributed by atoms with van der Waals surface area (Å²) >= 11 is 2.00. The second kappa shape index (κ2) is 105. The summed E-state index contributed by atoms with van der Waals surface area (Å²) in [4.78, 5) is 0. The van der Waals surface area contributed by atoms with Gasteiger partial charge in [-0.1, -0.05) is 0 Å². The first-order chi connectivity index (χ1) is 1.00. The van der Waals surface area contributed by atoms with Gasteiger partial charge in [-0.2, -0.15) is 0 Å². The minimum absolute atomic E-state index is 0. The van der Waals surface area contributed by atoms with Gasteiger partial charge in [0.15, 0.2) is 0 Å². The van der Waals surface area contributed by atoms with Crippen molar-refractivity contribution in [3.05, 3.63) is 0 Å². The minimum atomic E-state index is 0. The molecule has 0 aliphatic heterocycles. The fraction of sp³-hybridized carbons (Fsp3) is 0.